The summed E-state index contributed by atoms with van der Waals surface area (Å²) in [6.45, 7) is 4.44. The fourth-order valence-corrected chi connectivity index (χ4v) is 3.27. The quantitative estimate of drug-likeness (QED) is 0.390. The van der Waals surface area contributed by atoms with Gasteiger partial charge >= 0.3 is 0 Å². The molecule has 1 aliphatic rings. The molecule has 1 unspecified atom stereocenters. The van der Waals surface area contributed by atoms with E-state index >= 15 is 0 Å². The number of rotatable bonds is 5. The average molecular weight is 483 g/mol. The Labute approximate surface area is 177 Å². The number of guanidine groups is 1. The lowest BCUT2D eigenvalue weighted by Gasteiger charge is -2.20. The summed E-state index contributed by atoms with van der Waals surface area (Å²) in [4.78, 5) is 10.4. The fraction of sp³-hybridized carbons (Fsp3) is 0.400. The molecule has 1 atom stereocenters. The van der Waals surface area contributed by atoms with Crippen LogP contribution in [0.5, 0.6) is 0 Å². The van der Waals surface area contributed by atoms with E-state index in [0.29, 0.717) is 12.4 Å². The van der Waals surface area contributed by atoms with Crippen molar-refractivity contribution in [3.63, 3.8) is 0 Å². The lowest BCUT2D eigenvalue weighted by atomic mass is 10.1. The summed E-state index contributed by atoms with van der Waals surface area (Å²) in [5.74, 6) is 0.945. The average Bonchev–Trinajstić information content (AvgIpc) is 3.11. The molecule has 1 aromatic carbocycles. The highest BCUT2D eigenvalue weighted by atomic mass is 127. The predicted octanol–water partition coefficient (Wildman–Crippen LogP) is 3.13. The van der Waals surface area contributed by atoms with Gasteiger partial charge in [-0.05, 0) is 43.0 Å². The van der Waals surface area contributed by atoms with Gasteiger partial charge < -0.3 is 15.5 Å². The minimum Gasteiger partial charge on any atom is -0.356 e. The van der Waals surface area contributed by atoms with Gasteiger partial charge in [-0.3, -0.25) is 4.99 Å². The number of anilines is 1. The molecule has 1 saturated heterocycles. The van der Waals surface area contributed by atoms with E-state index < -0.39 is 0 Å². The number of nitrogens with zero attached hydrogens (tertiary/aromatic N) is 3. The van der Waals surface area contributed by atoms with Crippen LogP contribution >= 0.6 is 24.0 Å². The summed E-state index contributed by atoms with van der Waals surface area (Å²) in [6, 6.07) is 11.7. The highest BCUT2D eigenvalue weighted by Gasteiger charge is 2.25. The predicted molar refractivity (Wildman–Crippen MR) is 120 cm³/mol. The van der Waals surface area contributed by atoms with E-state index in [2.05, 4.69) is 51.8 Å². The van der Waals surface area contributed by atoms with Gasteiger partial charge in [0.2, 0.25) is 0 Å². The third-order valence-electron chi connectivity index (χ3n) is 4.74. The Morgan fingerprint density at radius 2 is 2.11 bits per heavy atom. The molecular weight excluding hydrogens is 456 g/mol. The molecule has 2 N–H and O–H groups in total. The number of halogens is 2. The lowest BCUT2D eigenvalue weighted by molar-refractivity contribution is 0.612. The van der Waals surface area contributed by atoms with E-state index in [1.165, 1.54) is 17.2 Å². The molecule has 1 aliphatic heterocycles. The SMILES string of the molecule is CN=C(NCCc1ccccc1C)NC1CCN(c2ncccc2F)C1.I. The van der Waals surface area contributed by atoms with E-state index in [-0.39, 0.29) is 35.8 Å². The van der Waals surface area contributed by atoms with Gasteiger partial charge in [0, 0.05) is 38.9 Å². The maximum absolute atomic E-state index is 13.9. The maximum atomic E-state index is 13.9. The number of aromatic nitrogens is 1. The first-order valence-electron chi connectivity index (χ1n) is 9.04. The van der Waals surface area contributed by atoms with E-state index in [4.69, 9.17) is 0 Å². The Bertz CT molecular complexity index is 768. The smallest absolute Gasteiger partial charge is 0.191 e. The molecule has 7 heteroatoms. The van der Waals surface area contributed by atoms with Crippen LogP contribution in [0.2, 0.25) is 0 Å². The standard InChI is InChI=1S/C20H26FN5.HI/c1-15-6-3-4-7-16(15)9-12-24-20(22-2)25-17-10-13-26(14-17)19-18(21)8-5-11-23-19;/h3-8,11,17H,9-10,12-14H2,1-2H3,(H2,22,24,25);1H. The van der Waals surface area contributed by atoms with Crippen LogP contribution in [0.4, 0.5) is 10.2 Å². The number of pyridine rings is 1. The number of aryl methyl sites for hydroxylation is 1. The second kappa shape index (κ2) is 10.4. The van der Waals surface area contributed by atoms with Crippen molar-refractivity contribution in [2.75, 3.05) is 31.6 Å². The molecule has 2 aromatic rings. The number of nitrogens with one attached hydrogen (secondary N) is 2. The van der Waals surface area contributed by atoms with Gasteiger partial charge in [0.1, 0.15) is 0 Å². The second-order valence-corrected chi connectivity index (χ2v) is 6.56. The first kappa shape index (κ1) is 21.4. The Hall–Kier alpha value is -1.90. The summed E-state index contributed by atoms with van der Waals surface area (Å²) >= 11 is 0. The van der Waals surface area contributed by atoms with Crippen molar-refractivity contribution in [2.24, 2.45) is 4.99 Å². The van der Waals surface area contributed by atoms with Crippen LogP contribution in [0, 0.1) is 12.7 Å². The maximum Gasteiger partial charge on any atom is 0.191 e. The minimum atomic E-state index is -0.270. The van der Waals surface area contributed by atoms with Gasteiger partial charge in [0.05, 0.1) is 0 Å². The van der Waals surface area contributed by atoms with Gasteiger partial charge in [-0.15, -0.1) is 24.0 Å². The van der Waals surface area contributed by atoms with Gasteiger partial charge in [-0.2, -0.15) is 0 Å². The molecule has 1 aromatic heterocycles. The number of benzene rings is 1. The van der Waals surface area contributed by atoms with Crippen LogP contribution < -0.4 is 15.5 Å². The number of hydrogen-bond donors (Lipinski definition) is 2. The molecule has 2 heterocycles. The molecule has 5 nitrogen and oxygen atoms in total. The van der Waals surface area contributed by atoms with E-state index in [0.717, 1.165) is 31.9 Å². The van der Waals surface area contributed by atoms with Crippen molar-refractivity contribution in [3.8, 4) is 0 Å². The van der Waals surface area contributed by atoms with Crippen molar-refractivity contribution >= 4 is 35.8 Å². The van der Waals surface area contributed by atoms with Crippen molar-refractivity contribution in [2.45, 2.75) is 25.8 Å². The first-order chi connectivity index (χ1) is 12.7. The molecule has 1 fully saturated rings. The van der Waals surface area contributed by atoms with Crippen LogP contribution in [0.25, 0.3) is 0 Å². The van der Waals surface area contributed by atoms with E-state index in [1.54, 1.807) is 19.3 Å². The van der Waals surface area contributed by atoms with Gasteiger partial charge in [-0.1, -0.05) is 24.3 Å². The Balaban J connectivity index is 0.00000261. The minimum absolute atomic E-state index is 0. The van der Waals surface area contributed by atoms with Gasteiger partial charge in [0.25, 0.3) is 0 Å². The molecule has 0 radical (unpaired) electrons. The summed E-state index contributed by atoms with van der Waals surface area (Å²) in [5.41, 5.74) is 2.65. The number of hydrogen-bond acceptors (Lipinski definition) is 3. The zero-order valence-corrected chi connectivity index (χ0v) is 18.1. The second-order valence-electron chi connectivity index (χ2n) is 6.56. The summed E-state index contributed by atoms with van der Waals surface area (Å²) < 4.78 is 13.9. The lowest BCUT2D eigenvalue weighted by Crippen LogP contribution is -2.45. The monoisotopic (exact) mass is 483 g/mol. The molecule has 146 valence electrons. The molecule has 0 amide bonds. The largest absolute Gasteiger partial charge is 0.356 e. The Kier molecular flexibility index (Phi) is 8.27. The van der Waals surface area contributed by atoms with Crippen molar-refractivity contribution in [3.05, 3.63) is 59.5 Å². The summed E-state index contributed by atoms with van der Waals surface area (Å²) in [5, 5.41) is 6.80. The molecule has 0 spiro atoms. The van der Waals surface area contributed by atoms with Gasteiger partial charge in [-0.25, -0.2) is 9.37 Å². The molecule has 0 saturated carbocycles. The highest BCUT2D eigenvalue weighted by Crippen LogP contribution is 2.20. The Morgan fingerprint density at radius 1 is 1.30 bits per heavy atom. The zero-order chi connectivity index (χ0) is 18.4. The van der Waals surface area contributed by atoms with Crippen LogP contribution in [-0.4, -0.2) is 43.7 Å². The molecule has 0 aliphatic carbocycles. The van der Waals surface area contributed by atoms with Crippen molar-refractivity contribution in [1.82, 2.24) is 15.6 Å². The molecule has 27 heavy (non-hydrogen) atoms. The summed E-state index contributed by atoms with van der Waals surface area (Å²) in [6.07, 6.45) is 3.50. The van der Waals surface area contributed by atoms with Crippen molar-refractivity contribution in [1.29, 1.82) is 0 Å². The van der Waals surface area contributed by atoms with Gasteiger partial charge in [0.15, 0.2) is 17.6 Å². The third-order valence-corrected chi connectivity index (χ3v) is 4.74. The van der Waals surface area contributed by atoms with Crippen LogP contribution in [0.1, 0.15) is 17.5 Å². The topological polar surface area (TPSA) is 52.6 Å². The van der Waals surface area contributed by atoms with Crippen LogP contribution in [-0.2, 0) is 6.42 Å². The van der Waals surface area contributed by atoms with Crippen LogP contribution in [0.15, 0.2) is 47.6 Å². The van der Waals surface area contributed by atoms with Crippen molar-refractivity contribution < 1.29 is 4.39 Å². The fourth-order valence-electron chi connectivity index (χ4n) is 3.27. The van der Waals surface area contributed by atoms with Crippen LogP contribution in [0.3, 0.4) is 0 Å². The Morgan fingerprint density at radius 3 is 2.85 bits per heavy atom. The normalized spacial score (nSPS) is 16.8. The molecular formula is C20H27FIN5. The summed E-state index contributed by atoms with van der Waals surface area (Å²) in [7, 11) is 1.77. The first-order valence-corrected chi connectivity index (χ1v) is 9.04. The zero-order valence-electron chi connectivity index (χ0n) is 15.8. The molecule has 3 rings (SSSR count). The van der Waals surface area contributed by atoms with E-state index in [9.17, 15) is 4.39 Å². The highest BCUT2D eigenvalue weighted by molar-refractivity contribution is 14.0. The number of aliphatic imine (C=N–C) groups is 1. The molecule has 0 bridgehead atoms. The third kappa shape index (κ3) is 5.79. The van der Waals surface area contributed by atoms with E-state index in [1.807, 2.05) is 4.90 Å².